The molecule has 0 bridgehead atoms. The van der Waals surface area contributed by atoms with Crippen molar-refractivity contribution in [2.45, 2.75) is 25.9 Å². The zero-order chi connectivity index (χ0) is 12.3. The highest BCUT2D eigenvalue weighted by atomic mass is 32.1. The molecule has 1 aromatic rings. The Hall–Kier alpha value is -1.14. The topological polar surface area (TPSA) is 62.7 Å². The fraction of sp³-hybridized carbons (Fsp3) is 0.636. The molecule has 1 N–H and O–H groups in total. The van der Waals surface area contributed by atoms with Crippen LogP contribution in [0.2, 0.25) is 0 Å². The molecule has 2 rings (SSSR count). The van der Waals surface area contributed by atoms with Crippen molar-refractivity contribution in [3.05, 3.63) is 10.6 Å². The van der Waals surface area contributed by atoms with Gasteiger partial charge in [0.1, 0.15) is 4.88 Å². The van der Waals surface area contributed by atoms with E-state index in [1.54, 1.807) is 7.11 Å². The number of anilines is 1. The second kappa shape index (κ2) is 5.46. The van der Waals surface area contributed by atoms with E-state index in [-0.39, 0.29) is 6.61 Å². The standard InChI is InChI=1S/C11H16N2O3S/c1-16-7-8-9(10(14)15)17-11(12-8)13-5-3-2-4-6-13/h2-7H2,1H3,(H,14,15). The smallest absolute Gasteiger partial charge is 0.347 e. The predicted octanol–water partition coefficient (Wildman–Crippen LogP) is 1.98. The third-order valence-corrected chi connectivity index (χ3v) is 3.93. The fourth-order valence-electron chi connectivity index (χ4n) is 1.96. The van der Waals surface area contributed by atoms with Gasteiger partial charge in [-0.2, -0.15) is 0 Å². The van der Waals surface area contributed by atoms with Crippen LogP contribution in [0, 0.1) is 0 Å². The molecule has 1 fully saturated rings. The van der Waals surface area contributed by atoms with Gasteiger partial charge in [-0.25, -0.2) is 9.78 Å². The predicted molar refractivity (Wildman–Crippen MR) is 65.9 cm³/mol. The molecule has 0 unspecified atom stereocenters. The van der Waals surface area contributed by atoms with E-state index in [2.05, 4.69) is 9.88 Å². The Morgan fingerprint density at radius 1 is 1.47 bits per heavy atom. The molecule has 0 radical (unpaired) electrons. The van der Waals surface area contributed by atoms with Gasteiger partial charge in [-0.15, -0.1) is 0 Å². The first-order valence-corrected chi connectivity index (χ1v) is 6.51. The van der Waals surface area contributed by atoms with E-state index in [1.807, 2.05) is 0 Å². The summed E-state index contributed by atoms with van der Waals surface area (Å²) in [5.41, 5.74) is 0.533. The van der Waals surface area contributed by atoms with Crippen LogP contribution in [0.4, 0.5) is 5.13 Å². The van der Waals surface area contributed by atoms with E-state index >= 15 is 0 Å². The third kappa shape index (κ3) is 2.76. The van der Waals surface area contributed by atoms with Crippen molar-refractivity contribution in [2.24, 2.45) is 0 Å². The van der Waals surface area contributed by atoms with Crippen LogP contribution in [0.5, 0.6) is 0 Å². The molecular weight excluding hydrogens is 240 g/mol. The van der Waals surface area contributed by atoms with Crippen LogP contribution in [0.1, 0.15) is 34.6 Å². The summed E-state index contributed by atoms with van der Waals surface area (Å²) in [5.74, 6) is -0.919. The van der Waals surface area contributed by atoms with Gasteiger partial charge >= 0.3 is 5.97 Å². The highest BCUT2D eigenvalue weighted by molar-refractivity contribution is 7.17. The number of nitrogens with zero attached hydrogens (tertiary/aromatic N) is 2. The molecule has 0 aliphatic carbocycles. The molecule has 0 spiro atoms. The summed E-state index contributed by atoms with van der Waals surface area (Å²) in [6.45, 7) is 2.20. The van der Waals surface area contributed by atoms with Crippen molar-refractivity contribution in [3.63, 3.8) is 0 Å². The molecule has 1 aromatic heterocycles. The van der Waals surface area contributed by atoms with Gasteiger partial charge in [0.2, 0.25) is 0 Å². The molecule has 5 nitrogen and oxygen atoms in total. The van der Waals surface area contributed by atoms with Crippen molar-refractivity contribution < 1.29 is 14.6 Å². The van der Waals surface area contributed by atoms with Gasteiger partial charge < -0.3 is 14.7 Å². The summed E-state index contributed by atoms with van der Waals surface area (Å²) >= 11 is 1.25. The van der Waals surface area contributed by atoms with Crippen LogP contribution >= 0.6 is 11.3 Å². The number of carboxylic acids is 1. The van der Waals surface area contributed by atoms with Crippen LogP contribution in [0.3, 0.4) is 0 Å². The molecule has 94 valence electrons. The quantitative estimate of drug-likeness (QED) is 0.892. The van der Waals surface area contributed by atoms with Crippen molar-refractivity contribution in [1.82, 2.24) is 4.98 Å². The minimum absolute atomic E-state index is 0.256. The number of hydrogen-bond acceptors (Lipinski definition) is 5. The SMILES string of the molecule is COCc1nc(N2CCCCC2)sc1C(=O)O. The summed E-state index contributed by atoms with van der Waals surface area (Å²) in [6, 6.07) is 0. The normalized spacial score (nSPS) is 16.2. The van der Waals surface area contributed by atoms with Crippen LogP contribution < -0.4 is 4.90 Å². The number of piperidine rings is 1. The number of aromatic carboxylic acids is 1. The average Bonchev–Trinajstić information content (AvgIpc) is 2.75. The Morgan fingerprint density at radius 2 is 2.18 bits per heavy atom. The first-order valence-electron chi connectivity index (χ1n) is 5.69. The molecule has 0 atom stereocenters. The maximum absolute atomic E-state index is 11.1. The summed E-state index contributed by atoms with van der Waals surface area (Å²) in [5, 5.41) is 9.91. The highest BCUT2D eigenvalue weighted by Crippen LogP contribution is 2.28. The van der Waals surface area contributed by atoms with Crippen LogP contribution in [-0.4, -0.2) is 36.3 Å². The van der Waals surface area contributed by atoms with Gasteiger partial charge in [0.05, 0.1) is 12.3 Å². The summed E-state index contributed by atoms with van der Waals surface area (Å²) in [4.78, 5) is 17.9. The summed E-state index contributed by atoms with van der Waals surface area (Å²) in [7, 11) is 1.55. The van der Waals surface area contributed by atoms with E-state index in [0.717, 1.165) is 31.1 Å². The lowest BCUT2D eigenvalue weighted by molar-refractivity contribution is 0.0697. The number of ether oxygens (including phenoxy) is 1. The molecule has 0 saturated carbocycles. The minimum atomic E-state index is -0.919. The Bertz CT molecular complexity index is 399. The summed E-state index contributed by atoms with van der Waals surface area (Å²) in [6.07, 6.45) is 3.56. The first kappa shape index (κ1) is 12.3. The van der Waals surface area contributed by atoms with Crippen molar-refractivity contribution in [2.75, 3.05) is 25.1 Å². The number of aromatic nitrogens is 1. The molecule has 2 heterocycles. The number of hydrogen-bond donors (Lipinski definition) is 1. The van der Waals surface area contributed by atoms with Crippen LogP contribution in [0.15, 0.2) is 0 Å². The molecule has 1 saturated heterocycles. The number of rotatable bonds is 4. The lowest BCUT2D eigenvalue weighted by Gasteiger charge is -2.25. The number of carbonyl (C=O) groups is 1. The van der Waals surface area contributed by atoms with E-state index < -0.39 is 5.97 Å². The van der Waals surface area contributed by atoms with Gasteiger partial charge in [-0.3, -0.25) is 0 Å². The maximum atomic E-state index is 11.1. The second-order valence-corrected chi connectivity index (χ2v) is 5.04. The number of methoxy groups -OCH3 is 1. The van der Waals surface area contributed by atoms with Crippen molar-refractivity contribution in [3.8, 4) is 0 Å². The highest BCUT2D eigenvalue weighted by Gasteiger charge is 2.21. The van der Waals surface area contributed by atoms with E-state index in [9.17, 15) is 4.79 Å². The average molecular weight is 256 g/mol. The van der Waals surface area contributed by atoms with Crippen molar-refractivity contribution in [1.29, 1.82) is 0 Å². The Labute approximate surface area is 104 Å². The van der Waals surface area contributed by atoms with E-state index in [4.69, 9.17) is 9.84 Å². The first-order chi connectivity index (χ1) is 8.22. The molecule has 1 aliphatic heterocycles. The fourth-order valence-corrected chi connectivity index (χ4v) is 2.92. The van der Waals surface area contributed by atoms with E-state index in [0.29, 0.717) is 10.6 Å². The van der Waals surface area contributed by atoms with Crippen molar-refractivity contribution >= 4 is 22.4 Å². The van der Waals surface area contributed by atoms with Crippen LogP contribution in [-0.2, 0) is 11.3 Å². The zero-order valence-electron chi connectivity index (χ0n) is 9.81. The molecule has 0 amide bonds. The van der Waals surface area contributed by atoms with Gasteiger partial charge in [-0.1, -0.05) is 11.3 Å². The Kier molecular flexibility index (Phi) is 3.96. The van der Waals surface area contributed by atoms with E-state index in [1.165, 1.54) is 17.8 Å². The lowest BCUT2D eigenvalue weighted by Crippen LogP contribution is -2.29. The lowest BCUT2D eigenvalue weighted by atomic mass is 10.1. The minimum Gasteiger partial charge on any atom is -0.477 e. The summed E-state index contributed by atoms with van der Waals surface area (Å²) < 4.78 is 4.98. The Morgan fingerprint density at radius 3 is 2.76 bits per heavy atom. The largest absolute Gasteiger partial charge is 0.477 e. The number of thiazole rings is 1. The monoisotopic (exact) mass is 256 g/mol. The van der Waals surface area contributed by atoms with Crippen LogP contribution in [0.25, 0.3) is 0 Å². The van der Waals surface area contributed by atoms with Gasteiger partial charge in [0.15, 0.2) is 5.13 Å². The molecule has 1 aliphatic rings. The maximum Gasteiger partial charge on any atom is 0.347 e. The molecule has 17 heavy (non-hydrogen) atoms. The molecular formula is C11H16N2O3S. The Balaban J connectivity index is 2.22. The molecule has 6 heteroatoms. The molecule has 0 aromatic carbocycles. The zero-order valence-corrected chi connectivity index (χ0v) is 10.6. The van der Waals surface area contributed by atoms with Gasteiger partial charge in [0, 0.05) is 20.2 Å². The third-order valence-electron chi connectivity index (χ3n) is 2.79. The second-order valence-electron chi connectivity index (χ2n) is 4.06. The van der Waals surface area contributed by atoms with Gasteiger partial charge in [0.25, 0.3) is 0 Å². The van der Waals surface area contributed by atoms with Gasteiger partial charge in [-0.05, 0) is 19.3 Å². The number of carboxylic acid groups (broad SMARTS) is 1.